The number of hydrogen-bond acceptors (Lipinski definition) is 6. The molecule has 9 heteroatoms. The molecular formula is C22H26N6O3. The van der Waals surface area contributed by atoms with Crippen LogP contribution < -0.4 is 15.8 Å². The third-order valence-corrected chi connectivity index (χ3v) is 5.40. The number of anilines is 1. The topological polar surface area (TPSA) is 117 Å². The molecule has 1 aliphatic heterocycles. The van der Waals surface area contributed by atoms with E-state index in [2.05, 4.69) is 25.1 Å². The molecular weight excluding hydrogens is 396 g/mol. The van der Waals surface area contributed by atoms with Crippen LogP contribution in [0.3, 0.4) is 0 Å². The normalized spacial score (nSPS) is 15.1. The van der Waals surface area contributed by atoms with Gasteiger partial charge in [0.05, 0.1) is 31.2 Å². The summed E-state index contributed by atoms with van der Waals surface area (Å²) >= 11 is 0. The van der Waals surface area contributed by atoms with E-state index in [4.69, 9.17) is 10.5 Å². The van der Waals surface area contributed by atoms with E-state index in [1.54, 1.807) is 31.4 Å². The minimum atomic E-state index is -0.488. The predicted molar refractivity (Wildman–Crippen MR) is 118 cm³/mol. The van der Waals surface area contributed by atoms with E-state index in [0.29, 0.717) is 17.8 Å². The van der Waals surface area contributed by atoms with Gasteiger partial charge in [-0.2, -0.15) is 0 Å². The molecule has 2 aromatic carbocycles. The number of benzene rings is 2. The number of H-pyrrole nitrogens is 1. The molecule has 9 nitrogen and oxygen atoms in total. The van der Waals surface area contributed by atoms with E-state index in [-0.39, 0.29) is 5.91 Å². The van der Waals surface area contributed by atoms with E-state index in [0.717, 1.165) is 55.3 Å². The lowest BCUT2D eigenvalue weighted by atomic mass is 10.2. The van der Waals surface area contributed by atoms with Crippen LogP contribution in [-0.4, -0.2) is 71.4 Å². The molecule has 1 aliphatic rings. The number of carbonyl (C=O) groups is 2. The number of methoxy groups -OCH3 is 1. The molecule has 0 aliphatic carbocycles. The van der Waals surface area contributed by atoms with Gasteiger partial charge in [0.1, 0.15) is 11.6 Å². The molecule has 0 radical (unpaired) electrons. The largest absolute Gasteiger partial charge is 0.497 e. The first-order valence-corrected chi connectivity index (χ1v) is 10.2. The number of rotatable bonds is 7. The second-order valence-corrected chi connectivity index (χ2v) is 7.61. The molecule has 0 spiro atoms. The Morgan fingerprint density at radius 3 is 2.48 bits per heavy atom. The number of primary amides is 1. The number of imidazole rings is 1. The van der Waals surface area contributed by atoms with Crippen LogP contribution >= 0.6 is 0 Å². The highest BCUT2D eigenvalue weighted by Gasteiger charge is 2.20. The average Bonchev–Trinajstić information content (AvgIpc) is 3.16. The van der Waals surface area contributed by atoms with Gasteiger partial charge in [-0.05, 0) is 36.4 Å². The van der Waals surface area contributed by atoms with Gasteiger partial charge in [0.15, 0.2) is 0 Å². The first-order valence-electron chi connectivity index (χ1n) is 10.2. The Hall–Kier alpha value is -3.43. The molecule has 2 heterocycles. The fraction of sp³-hybridized carbons (Fsp3) is 0.318. The molecule has 0 unspecified atom stereocenters. The summed E-state index contributed by atoms with van der Waals surface area (Å²) in [6.07, 6.45) is 0. The van der Waals surface area contributed by atoms with Crippen LogP contribution in [0.1, 0.15) is 16.2 Å². The van der Waals surface area contributed by atoms with Crippen molar-refractivity contribution in [1.29, 1.82) is 0 Å². The third-order valence-electron chi connectivity index (χ3n) is 5.40. The maximum Gasteiger partial charge on any atom is 0.248 e. The molecule has 1 fully saturated rings. The molecule has 31 heavy (non-hydrogen) atoms. The number of piperazine rings is 1. The Balaban J connectivity index is 1.24. The van der Waals surface area contributed by atoms with Crippen LogP contribution in [0, 0.1) is 0 Å². The zero-order valence-corrected chi connectivity index (χ0v) is 17.4. The summed E-state index contributed by atoms with van der Waals surface area (Å²) in [7, 11) is 1.65. The van der Waals surface area contributed by atoms with E-state index >= 15 is 0 Å². The van der Waals surface area contributed by atoms with Crippen molar-refractivity contribution in [3.05, 3.63) is 53.9 Å². The molecule has 0 saturated carbocycles. The van der Waals surface area contributed by atoms with Crippen molar-refractivity contribution in [2.45, 2.75) is 6.54 Å². The van der Waals surface area contributed by atoms with Crippen molar-refractivity contribution in [3.8, 4) is 5.75 Å². The average molecular weight is 422 g/mol. The lowest BCUT2D eigenvalue weighted by molar-refractivity contribution is -0.117. The Morgan fingerprint density at radius 2 is 1.81 bits per heavy atom. The second kappa shape index (κ2) is 9.15. The number of ether oxygens (including phenoxy) is 1. The summed E-state index contributed by atoms with van der Waals surface area (Å²) in [4.78, 5) is 35.9. The summed E-state index contributed by atoms with van der Waals surface area (Å²) in [5, 5.41) is 2.86. The monoisotopic (exact) mass is 422 g/mol. The first-order chi connectivity index (χ1) is 15.0. The number of hydrogen-bond donors (Lipinski definition) is 3. The molecule has 0 atom stereocenters. The van der Waals surface area contributed by atoms with Crippen LogP contribution in [0.15, 0.2) is 42.5 Å². The Kier molecular flexibility index (Phi) is 6.15. The lowest BCUT2D eigenvalue weighted by Gasteiger charge is -2.33. The predicted octanol–water partition coefficient (Wildman–Crippen LogP) is 1.43. The standard InChI is InChI=1S/C22H26N6O3/c1-31-17-6-7-18-19(12-17)26-20(25-18)13-27-8-10-28(11-9-27)14-21(29)24-16-4-2-15(3-5-16)22(23)30/h2-7,12H,8-11,13-14H2,1H3,(H2,23,30)(H,24,29)(H,25,26). The van der Waals surface area contributed by atoms with Crippen LogP contribution in [0.5, 0.6) is 5.75 Å². The fourth-order valence-corrected chi connectivity index (χ4v) is 3.68. The quantitative estimate of drug-likeness (QED) is 0.530. The summed E-state index contributed by atoms with van der Waals surface area (Å²) in [6, 6.07) is 12.4. The van der Waals surface area contributed by atoms with Gasteiger partial charge < -0.3 is 20.8 Å². The third kappa shape index (κ3) is 5.19. The van der Waals surface area contributed by atoms with Gasteiger partial charge in [-0.1, -0.05) is 0 Å². The van der Waals surface area contributed by atoms with Crippen molar-refractivity contribution < 1.29 is 14.3 Å². The van der Waals surface area contributed by atoms with E-state index in [1.807, 2.05) is 18.2 Å². The molecule has 3 aromatic rings. The van der Waals surface area contributed by atoms with E-state index in [1.165, 1.54) is 0 Å². The molecule has 2 amide bonds. The fourth-order valence-electron chi connectivity index (χ4n) is 3.68. The summed E-state index contributed by atoms with van der Waals surface area (Å²) < 4.78 is 5.26. The van der Waals surface area contributed by atoms with Crippen molar-refractivity contribution in [2.75, 3.05) is 45.2 Å². The Morgan fingerprint density at radius 1 is 1.10 bits per heavy atom. The highest BCUT2D eigenvalue weighted by molar-refractivity contribution is 5.95. The van der Waals surface area contributed by atoms with Gasteiger partial charge >= 0.3 is 0 Å². The van der Waals surface area contributed by atoms with Crippen LogP contribution in [0.2, 0.25) is 0 Å². The minimum Gasteiger partial charge on any atom is -0.497 e. The molecule has 1 saturated heterocycles. The zero-order valence-electron chi connectivity index (χ0n) is 17.4. The number of amides is 2. The molecule has 4 N–H and O–H groups in total. The molecule has 0 bridgehead atoms. The highest BCUT2D eigenvalue weighted by atomic mass is 16.5. The Labute approximate surface area is 180 Å². The summed E-state index contributed by atoms with van der Waals surface area (Å²) in [6.45, 7) is 4.41. The Bertz CT molecular complexity index is 1070. The van der Waals surface area contributed by atoms with Gasteiger partial charge in [-0.3, -0.25) is 19.4 Å². The number of aromatic nitrogens is 2. The molecule has 1 aromatic heterocycles. The van der Waals surface area contributed by atoms with Crippen LogP contribution in [-0.2, 0) is 11.3 Å². The van der Waals surface area contributed by atoms with Crippen molar-refractivity contribution in [2.24, 2.45) is 5.73 Å². The summed E-state index contributed by atoms with van der Waals surface area (Å²) in [5.74, 6) is 1.16. The van der Waals surface area contributed by atoms with Gasteiger partial charge in [0, 0.05) is 43.5 Å². The van der Waals surface area contributed by atoms with Crippen molar-refractivity contribution in [1.82, 2.24) is 19.8 Å². The van der Waals surface area contributed by atoms with E-state index in [9.17, 15) is 9.59 Å². The number of aromatic amines is 1. The minimum absolute atomic E-state index is 0.0773. The maximum atomic E-state index is 12.3. The van der Waals surface area contributed by atoms with Gasteiger partial charge in [-0.15, -0.1) is 0 Å². The number of nitrogens with two attached hydrogens (primary N) is 1. The van der Waals surface area contributed by atoms with Gasteiger partial charge in [0.2, 0.25) is 11.8 Å². The highest BCUT2D eigenvalue weighted by Crippen LogP contribution is 2.19. The summed E-state index contributed by atoms with van der Waals surface area (Å²) in [5.41, 5.74) is 8.19. The van der Waals surface area contributed by atoms with Gasteiger partial charge in [0.25, 0.3) is 0 Å². The van der Waals surface area contributed by atoms with Gasteiger partial charge in [-0.25, -0.2) is 4.98 Å². The van der Waals surface area contributed by atoms with E-state index < -0.39 is 5.91 Å². The van der Waals surface area contributed by atoms with Crippen LogP contribution in [0.25, 0.3) is 11.0 Å². The number of nitrogens with one attached hydrogen (secondary N) is 2. The van der Waals surface area contributed by atoms with Crippen molar-refractivity contribution >= 4 is 28.5 Å². The first kappa shape index (κ1) is 20.8. The zero-order chi connectivity index (χ0) is 21.8. The van der Waals surface area contributed by atoms with Crippen molar-refractivity contribution in [3.63, 3.8) is 0 Å². The lowest BCUT2D eigenvalue weighted by Crippen LogP contribution is -2.48. The molecule has 4 rings (SSSR count). The number of nitrogens with zero attached hydrogens (tertiary/aromatic N) is 3. The van der Waals surface area contributed by atoms with Crippen LogP contribution in [0.4, 0.5) is 5.69 Å². The maximum absolute atomic E-state index is 12.3. The number of fused-ring (bicyclic) bond motifs is 1. The SMILES string of the molecule is COc1ccc2nc(CN3CCN(CC(=O)Nc4ccc(C(N)=O)cc4)CC3)[nH]c2c1. The second-order valence-electron chi connectivity index (χ2n) is 7.61. The smallest absolute Gasteiger partial charge is 0.248 e. The molecule has 162 valence electrons. The number of carbonyl (C=O) groups excluding carboxylic acids is 2.